The fourth-order valence-corrected chi connectivity index (χ4v) is 3.29. The molecular weight excluding hydrogens is 240 g/mol. The van der Waals surface area contributed by atoms with Crippen LogP contribution in [-0.2, 0) is 11.2 Å². The third kappa shape index (κ3) is 2.68. The van der Waals surface area contributed by atoms with Crippen molar-refractivity contribution in [2.45, 2.75) is 32.6 Å². The largest absolute Gasteiger partial charge is 0.466 e. The van der Waals surface area contributed by atoms with Crippen molar-refractivity contribution < 1.29 is 9.21 Å². The normalized spacial score (nSPS) is 22.1. The average molecular weight is 262 g/mol. The van der Waals surface area contributed by atoms with Gasteiger partial charge in [-0.2, -0.15) is 0 Å². The zero-order valence-electron chi connectivity index (χ0n) is 11.6. The SMILES string of the molecule is Cc1ccc(CC(=O)N2CCC3(CCNC3)CC2)o1. The molecule has 0 aliphatic carbocycles. The highest BCUT2D eigenvalue weighted by Gasteiger charge is 2.37. The van der Waals surface area contributed by atoms with Crippen molar-refractivity contribution in [1.82, 2.24) is 10.2 Å². The number of furan rings is 1. The fourth-order valence-electron chi connectivity index (χ4n) is 3.29. The van der Waals surface area contributed by atoms with E-state index in [0.717, 1.165) is 50.5 Å². The molecule has 0 saturated carbocycles. The summed E-state index contributed by atoms with van der Waals surface area (Å²) in [4.78, 5) is 14.2. The minimum absolute atomic E-state index is 0.204. The molecule has 1 aromatic heterocycles. The van der Waals surface area contributed by atoms with E-state index in [1.165, 1.54) is 6.42 Å². The first kappa shape index (κ1) is 12.7. The number of carbonyl (C=O) groups excluding carboxylic acids is 1. The van der Waals surface area contributed by atoms with E-state index in [1.54, 1.807) is 0 Å². The maximum Gasteiger partial charge on any atom is 0.230 e. The number of nitrogens with zero attached hydrogens (tertiary/aromatic N) is 1. The zero-order valence-corrected chi connectivity index (χ0v) is 11.6. The van der Waals surface area contributed by atoms with E-state index in [-0.39, 0.29) is 5.91 Å². The van der Waals surface area contributed by atoms with Crippen molar-refractivity contribution in [3.8, 4) is 0 Å². The lowest BCUT2D eigenvalue weighted by Gasteiger charge is -2.38. The summed E-state index contributed by atoms with van der Waals surface area (Å²) >= 11 is 0. The van der Waals surface area contributed by atoms with Gasteiger partial charge in [0.15, 0.2) is 0 Å². The van der Waals surface area contributed by atoms with Crippen molar-refractivity contribution in [1.29, 1.82) is 0 Å². The van der Waals surface area contributed by atoms with Crippen molar-refractivity contribution in [3.05, 3.63) is 23.7 Å². The molecule has 104 valence electrons. The highest BCUT2D eigenvalue weighted by molar-refractivity contribution is 5.78. The van der Waals surface area contributed by atoms with Gasteiger partial charge in [0.05, 0.1) is 6.42 Å². The third-order valence-electron chi connectivity index (χ3n) is 4.63. The Kier molecular flexibility index (Phi) is 3.35. The summed E-state index contributed by atoms with van der Waals surface area (Å²) in [6.45, 7) is 5.98. The van der Waals surface area contributed by atoms with E-state index < -0.39 is 0 Å². The van der Waals surface area contributed by atoms with Crippen LogP contribution in [0.3, 0.4) is 0 Å². The zero-order chi connectivity index (χ0) is 13.3. The van der Waals surface area contributed by atoms with Crippen molar-refractivity contribution in [2.24, 2.45) is 5.41 Å². The van der Waals surface area contributed by atoms with Crippen LogP contribution >= 0.6 is 0 Å². The second kappa shape index (κ2) is 5.00. The molecule has 2 fully saturated rings. The quantitative estimate of drug-likeness (QED) is 0.883. The highest BCUT2D eigenvalue weighted by Crippen LogP contribution is 2.36. The first-order chi connectivity index (χ1) is 9.17. The van der Waals surface area contributed by atoms with E-state index in [4.69, 9.17) is 4.42 Å². The number of nitrogens with one attached hydrogen (secondary N) is 1. The number of hydrogen-bond donors (Lipinski definition) is 1. The molecule has 0 atom stereocenters. The topological polar surface area (TPSA) is 45.5 Å². The van der Waals surface area contributed by atoms with Gasteiger partial charge in [-0.3, -0.25) is 4.79 Å². The van der Waals surface area contributed by atoms with Crippen LogP contribution in [0.4, 0.5) is 0 Å². The molecule has 2 saturated heterocycles. The molecule has 1 N–H and O–H groups in total. The van der Waals surface area contributed by atoms with Crippen molar-refractivity contribution in [3.63, 3.8) is 0 Å². The van der Waals surface area contributed by atoms with Crippen molar-refractivity contribution in [2.75, 3.05) is 26.2 Å². The van der Waals surface area contributed by atoms with E-state index >= 15 is 0 Å². The number of carbonyl (C=O) groups is 1. The molecule has 0 unspecified atom stereocenters. The van der Waals surface area contributed by atoms with E-state index in [9.17, 15) is 4.79 Å². The molecular formula is C15H22N2O2. The van der Waals surface area contributed by atoms with Gasteiger partial charge in [-0.05, 0) is 50.3 Å². The number of likely N-dealkylation sites (tertiary alicyclic amines) is 1. The van der Waals surface area contributed by atoms with Gasteiger partial charge in [-0.15, -0.1) is 0 Å². The van der Waals surface area contributed by atoms with Gasteiger partial charge in [-0.1, -0.05) is 0 Å². The van der Waals surface area contributed by atoms with Crippen LogP contribution in [0.2, 0.25) is 0 Å². The average Bonchev–Trinajstić information content (AvgIpc) is 3.00. The number of rotatable bonds is 2. The first-order valence-corrected chi connectivity index (χ1v) is 7.21. The summed E-state index contributed by atoms with van der Waals surface area (Å²) in [5.41, 5.74) is 0.470. The van der Waals surface area contributed by atoms with E-state index in [0.29, 0.717) is 11.8 Å². The number of aryl methyl sites for hydroxylation is 1. The lowest BCUT2D eigenvalue weighted by Crippen LogP contribution is -2.44. The van der Waals surface area contributed by atoms with Crippen LogP contribution in [0.15, 0.2) is 16.5 Å². The van der Waals surface area contributed by atoms with Gasteiger partial charge in [0, 0.05) is 19.6 Å². The predicted octanol–water partition coefficient (Wildman–Crippen LogP) is 1.73. The summed E-state index contributed by atoms with van der Waals surface area (Å²) in [5, 5.41) is 3.45. The smallest absolute Gasteiger partial charge is 0.230 e. The number of amides is 1. The minimum atomic E-state index is 0.204. The molecule has 3 rings (SSSR count). The van der Waals surface area contributed by atoms with Gasteiger partial charge >= 0.3 is 0 Å². The number of piperidine rings is 1. The van der Waals surface area contributed by atoms with Crippen LogP contribution < -0.4 is 5.32 Å². The molecule has 2 aliphatic rings. The summed E-state index contributed by atoms with van der Waals surface area (Å²) in [7, 11) is 0. The third-order valence-corrected chi connectivity index (χ3v) is 4.63. The van der Waals surface area contributed by atoms with E-state index in [2.05, 4.69) is 5.32 Å². The first-order valence-electron chi connectivity index (χ1n) is 7.21. The van der Waals surface area contributed by atoms with Crippen LogP contribution in [0, 0.1) is 12.3 Å². The second-order valence-corrected chi connectivity index (χ2v) is 6.00. The monoisotopic (exact) mass is 262 g/mol. The Bertz CT molecular complexity index is 450. The lowest BCUT2D eigenvalue weighted by molar-refractivity contribution is -0.132. The molecule has 3 heterocycles. The van der Waals surface area contributed by atoms with Crippen molar-refractivity contribution >= 4 is 5.91 Å². The van der Waals surface area contributed by atoms with E-state index in [1.807, 2.05) is 24.0 Å². The Morgan fingerprint density at radius 1 is 1.37 bits per heavy atom. The van der Waals surface area contributed by atoms with Gasteiger partial charge in [0.1, 0.15) is 11.5 Å². The molecule has 4 heteroatoms. The van der Waals surface area contributed by atoms with Gasteiger partial charge in [0.2, 0.25) is 5.91 Å². The maximum absolute atomic E-state index is 12.2. The Hall–Kier alpha value is -1.29. The lowest BCUT2D eigenvalue weighted by atomic mass is 9.78. The number of hydrogen-bond acceptors (Lipinski definition) is 3. The molecule has 2 aliphatic heterocycles. The van der Waals surface area contributed by atoms with Crippen LogP contribution in [-0.4, -0.2) is 37.0 Å². The van der Waals surface area contributed by atoms with Gasteiger partial charge in [0.25, 0.3) is 0 Å². The molecule has 19 heavy (non-hydrogen) atoms. The molecule has 0 radical (unpaired) electrons. The maximum atomic E-state index is 12.2. The predicted molar refractivity (Wildman–Crippen MR) is 72.9 cm³/mol. The molecule has 1 spiro atoms. The fraction of sp³-hybridized carbons (Fsp3) is 0.667. The summed E-state index contributed by atoms with van der Waals surface area (Å²) in [6.07, 6.45) is 3.96. The Morgan fingerprint density at radius 3 is 2.74 bits per heavy atom. The molecule has 1 aromatic rings. The standard InChI is InChI=1S/C15H22N2O2/c1-12-2-3-13(19-12)10-14(18)17-8-5-15(6-9-17)4-7-16-11-15/h2-3,16H,4-11H2,1H3. The molecule has 0 aromatic carbocycles. The molecule has 1 amide bonds. The second-order valence-electron chi connectivity index (χ2n) is 6.00. The van der Waals surface area contributed by atoms with Crippen LogP contribution in [0.5, 0.6) is 0 Å². The van der Waals surface area contributed by atoms with Gasteiger partial charge in [-0.25, -0.2) is 0 Å². The Labute approximate surface area is 114 Å². The highest BCUT2D eigenvalue weighted by atomic mass is 16.3. The Morgan fingerprint density at radius 2 is 2.16 bits per heavy atom. The summed E-state index contributed by atoms with van der Waals surface area (Å²) < 4.78 is 5.48. The van der Waals surface area contributed by atoms with Gasteiger partial charge < -0.3 is 14.6 Å². The summed E-state index contributed by atoms with van der Waals surface area (Å²) in [6, 6.07) is 3.82. The summed E-state index contributed by atoms with van der Waals surface area (Å²) in [5.74, 6) is 1.86. The minimum Gasteiger partial charge on any atom is -0.466 e. The Balaban J connectivity index is 1.54. The van der Waals surface area contributed by atoms with Crippen LogP contribution in [0.1, 0.15) is 30.8 Å². The molecule has 4 nitrogen and oxygen atoms in total. The molecule has 0 bridgehead atoms. The van der Waals surface area contributed by atoms with Crippen LogP contribution in [0.25, 0.3) is 0 Å².